The first-order chi connectivity index (χ1) is 10.2. The number of carbonyl (C=O) groups is 1. The number of anilines is 1. The number of hydrogen-bond acceptors (Lipinski definition) is 4. The van der Waals surface area contributed by atoms with Crippen molar-refractivity contribution in [2.75, 3.05) is 5.32 Å². The summed E-state index contributed by atoms with van der Waals surface area (Å²) in [6.45, 7) is 0. The predicted molar refractivity (Wildman–Crippen MR) is 86.3 cm³/mol. The SMILES string of the molecule is O=C(Nc1cccnc1)c1cccc(-n2cc(I)cn2)n1. The molecule has 1 N–H and O–H groups in total. The van der Waals surface area contributed by atoms with E-state index < -0.39 is 0 Å². The molecule has 3 rings (SSSR count). The molecule has 3 aromatic rings. The summed E-state index contributed by atoms with van der Waals surface area (Å²) in [5, 5.41) is 6.92. The van der Waals surface area contributed by atoms with E-state index in [1.165, 1.54) is 0 Å². The van der Waals surface area contributed by atoms with Crippen molar-refractivity contribution in [3.8, 4) is 5.82 Å². The van der Waals surface area contributed by atoms with Gasteiger partial charge >= 0.3 is 0 Å². The Morgan fingerprint density at radius 2 is 2.10 bits per heavy atom. The molecule has 0 spiro atoms. The summed E-state index contributed by atoms with van der Waals surface area (Å²) in [6.07, 6.45) is 6.79. The third-order valence-electron chi connectivity index (χ3n) is 2.67. The molecule has 1 amide bonds. The fourth-order valence-corrected chi connectivity index (χ4v) is 2.12. The highest BCUT2D eigenvalue weighted by atomic mass is 127. The average molecular weight is 391 g/mol. The summed E-state index contributed by atoms with van der Waals surface area (Å²) in [5.41, 5.74) is 0.949. The van der Waals surface area contributed by atoms with Crippen molar-refractivity contribution >= 4 is 34.2 Å². The average Bonchev–Trinajstić information content (AvgIpc) is 2.95. The van der Waals surface area contributed by atoms with Gasteiger partial charge in [-0.1, -0.05) is 6.07 Å². The fraction of sp³-hybridized carbons (Fsp3) is 0. The lowest BCUT2D eigenvalue weighted by atomic mass is 10.3. The molecule has 0 aliphatic carbocycles. The van der Waals surface area contributed by atoms with Crippen LogP contribution < -0.4 is 5.32 Å². The fourth-order valence-electron chi connectivity index (χ4n) is 1.74. The number of hydrogen-bond donors (Lipinski definition) is 1. The lowest BCUT2D eigenvalue weighted by Gasteiger charge is -2.05. The molecular weight excluding hydrogens is 381 g/mol. The maximum Gasteiger partial charge on any atom is 0.274 e. The van der Waals surface area contributed by atoms with E-state index in [4.69, 9.17) is 0 Å². The van der Waals surface area contributed by atoms with Crippen LogP contribution in [0.5, 0.6) is 0 Å². The van der Waals surface area contributed by atoms with E-state index in [0.717, 1.165) is 3.57 Å². The van der Waals surface area contributed by atoms with E-state index in [0.29, 0.717) is 17.2 Å². The first-order valence-electron chi connectivity index (χ1n) is 6.11. The highest BCUT2D eigenvalue weighted by molar-refractivity contribution is 14.1. The van der Waals surface area contributed by atoms with Crippen LogP contribution >= 0.6 is 22.6 Å². The second kappa shape index (κ2) is 6.00. The van der Waals surface area contributed by atoms with Crippen LogP contribution in [-0.4, -0.2) is 25.7 Å². The van der Waals surface area contributed by atoms with E-state index in [2.05, 4.69) is 43.0 Å². The van der Waals surface area contributed by atoms with Crippen molar-refractivity contribution in [2.45, 2.75) is 0 Å². The number of pyridine rings is 2. The van der Waals surface area contributed by atoms with E-state index in [1.807, 2.05) is 6.20 Å². The van der Waals surface area contributed by atoms with Gasteiger partial charge in [-0.3, -0.25) is 9.78 Å². The summed E-state index contributed by atoms with van der Waals surface area (Å²) < 4.78 is 2.63. The van der Waals surface area contributed by atoms with Gasteiger partial charge in [0.15, 0.2) is 5.82 Å². The molecule has 21 heavy (non-hydrogen) atoms. The smallest absolute Gasteiger partial charge is 0.274 e. The molecule has 0 unspecified atom stereocenters. The molecule has 104 valence electrons. The van der Waals surface area contributed by atoms with Crippen molar-refractivity contribution in [3.63, 3.8) is 0 Å². The Morgan fingerprint density at radius 3 is 2.81 bits per heavy atom. The van der Waals surface area contributed by atoms with Crippen LogP contribution in [0.15, 0.2) is 55.1 Å². The summed E-state index contributed by atoms with van der Waals surface area (Å²) in [7, 11) is 0. The number of halogens is 1. The van der Waals surface area contributed by atoms with Gasteiger partial charge in [0.2, 0.25) is 0 Å². The quantitative estimate of drug-likeness (QED) is 0.697. The molecule has 3 aromatic heterocycles. The zero-order chi connectivity index (χ0) is 14.7. The van der Waals surface area contributed by atoms with Crippen LogP contribution in [0.3, 0.4) is 0 Å². The van der Waals surface area contributed by atoms with Crippen LogP contribution in [0, 0.1) is 3.57 Å². The number of nitrogens with zero attached hydrogens (tertiary/aromatic N) is 4. The number of rotatable bonds is 3. The molecule has 0 aromatic carbocycles. The van der Waals surface area contributed by atoms with Crippen molar-refractivity contribution in [1.29, 1.82) is 0 Å². The monoisotopic (exact) mass is 391 g/mol. The zero-order valence-corrected chi connectivity index (χ0v) is 12.9. The second-order valence-electron chi connectivity index (χ2n) is 4.18. The molecule has 7 heteroatoms. The molecule has 0 atom stereocenters. The molecule has 0 saturated heterocycles. The van der Waals surface area contributed by atoms with E-state index in [9.17, 15) is 4.79 Å². The van der Waals surface area contributed by atoms with Crippen molar-refractivity contribution in [2.24, 2.45) is 0 Å². The van der Waals surface area contributed by atoms with Gasteiger partial charge in [-0.2, -0.15) is 5.10 Å². The predicted octanol–water partition coefficient (Wildman–Crippen LogP) is 2.52. The maximum atomic E-state index is 12.2. The Bertz CT molecular complexity index is 772. The van der Waals surface area contributed by atoms with Crippen molar-refractivity contribution < 1.29 is 4.79 Å². The highest BCUT2D eigenvalue weighted by Crippen LogP contribution is 2.10. The topological polar surface area (TPSA) is 72.7 Å². The van der Waals surface area contributed by atoms with E-state index in [-0.39, 0.29) is 5.91 Å². The molecule has 0 saturated carbocycles. The minimum Gasteiger partial charge on any atom is -0.319 e. The van der Waals surface area contributed by atoms with Gasteiger partial charge in [0.1, 0.15) is 5.69 Å². The maximum absolute atomic E-state index is 12.2. The molecule has 0 radical (unpaired) electrons. The van der Waals surface area contributed by atoms with E-state index in [1.54, 1.807) is 53.6 Å². The van der Waals surface area contributed by atoms with Gasteiger partial charge in [-0.05, 0) is 46.9 Å². The van der Waals surface area contributed by atoms with Gasteiger partial charge in [-0.25, -0.2) is 9.67 Å². The van der Waals surface area contributed by atoms with E-state index >= 15 is 0 Å². The third kappa shape index (κ3) is 3.24. The molecule has 3 heterocycles. The molecule has 0 fully saturated rings. The Labute approximate surface area is 134 Å². The molecule has 0 bridgehead atoms. The first kappa shape index (κ1) is 13.7. The van der Waals surface area contributed by atoms with Crippen LogP contribution in [0.1, 0.15) is 10.5 Å². The summed E-state index contributed by atoms with van der Waals surface area (Å²) in [4.78, 5) is 20.4. The standard InChI is InChI=1S/C14H10IN5O/c15-10-7-17-20(9-10)13-5-1-4-12(19-13)14(21)18-11-3-2-6-16-8-11/h1-9H,(H,18,21). The Hall–Kier alpha value is -2.29. The largest absolute Gasteiger partial charge is 0.319 e. The highest BCUT2D eigenvalue weighted by Gasteiger charge is 2.09. The minimum absolute atomic E-state index is 0.285. The third-order valence-corrected chi connectivity index (χ3v) is 3.23. The van der Waals surface area contributed by atoms with Crippen LogP contribution in [0.25, 0.3) is 5.82 Å². The molecule has 6 nitrogen and oxygen atoms in total. The van der Waals surface area contributed by atoms with Crippen LogP contribution in [0.4, 0.5) is 5.69 Å². The van der Waals surface area contributed by atoms with Crippen molar-refractivity contribution in [3.05, 3.63) is 64.4 Å². The van der Waals surface area contributed by atoms with Gasteiger partial charge in [0.05, 0.1) is 21.7 Å². The number of nitrogens with one attached hydrogen (secondary N) is 1. The summed E-state index contributed by atoms with van der Waals surface area (Å²) in [5.74, 6) is 0.309. The number of aromatic nitrogens is 4. The van der Waals surface area contributed by atoms with Gasteiger partial charge in [0, 0.05) is 12.4 Å². The lowest BCUT2D eigenvalue weighted by molar-refractivity contribution is 0.102. The Morgan fingerprint density at radius 1 is 1.19 bits per heavy atom. The first-order valence-corrected chi connectivity index (χ1v) is 7.19. The van der Waals surface area contributed by atoms with Gasteiger partial charge in [0.25, 0.3) is 5.91 Å². The van der Waals surface area contributed by atoms with Crippen LogP contribution in [-0.2, 0) is 0 Å². The molecule has 0 aliphatic heterocycles. The zero-order valence-electron chi connectivity index (χ0n) is 10.8. The second-order valence-corrected chi connectivity index (χ2v) is 5.43. The Kier molecular flexibility index (Phi) is 3.91. The summed E-state index contributed by atoms with van der Waals surface area (Å²) >= 11 is 2.17. The van der Waals surface area contributed by atoms with Crippen LogP contribution in [0.2, 0.25) is 0 Å². The normalized spacial score (nSPS) is 10.3. The van der Waals surface area contributed by atoms with Crippen molar-refractivity contribution in [1.82, 2.24) is 19.7 Å². The van der Waals surface area contributed by atoms with Gasteiger partial charge in [-0.15, -0.1) is 0 Å². The number of carbonyl (C=O) groups excluding carboxylic acids is 1. The van der Waals surface area contributed by atoms with Gasteiger partial charge < -0.3 is 5.32 Å². The molecular formula is C14H10IN5O. The lowest BCUT2D eigenvalue weighted by Crippen LogP contribution is -2.14. The molecule has 0 aliphatic rings. The minimum atomic E-state index is -0.285. The number of amides is 1. The summed E-state index contributed by atoms with van der Waals surface area (Å²) in [6, 6.07) is 8.75. The Balaban J connectivity index is 1.84.